The van der Waals surface area contributed by atoms with Crippen LogP contribution < -0.4 is 0 Å². The van der Waals surface area contributed by atoms with E-state index in [-0.39, 0.29) is 11.4 Å². The molecule has 1 atom stereocenters. The fourth-order valence-corrected chi connectivity index (χ4v) is 1.77. The first-order chi connectivity index (χ1) is 6.44. The highest BCUT2D eigenvalue weighted by atomic mass is 16.5. The second-order valence-corrected chi connectivity index (χ2v) is 5.04. The molecule has 1 heterocycles. The molecule has 0 radical (unpaired) electrons. The van der Waals surface area contributed by atoms with Crippen LogP contribution in [0.3, 0.4) is 0 Å². The fourth-order valence-electron chi connectivity index (χ4n) is 1.77. The van der Waals surface area contributed by atoms with Crippen molar-refractivity contribution in [2.45, 2.75) is 27.2 Å². The van der Waals surface area contributed by atoms with Crippen LogP contribution in [-0.2, 0) is 9.53 Å². The normalized spacial score (nSPS) is 28.4. The molecule has 0 aromatic carbocycles. The second-order valence-electron chi connectivity index (χ2n) is 5.04. The van der Waals surface area contributed by atoms with Gasteiger partial charge in [-0.1, -0.05) is 13.8 Å². The maximum absolute atomic E-state index is 11.8. The van der Waals surface area contributed by atoms with Gasteiger partial charge < -0.3 is 9.64 Å². The molecular formula is C11H21NO2. The monoisotopic (exact) mass is 199 g/mol. The Morgan fingerprint density at radius 2 is 2.21 bits per heavy atom. The van der Waals surface area contributed by atoms with Gasteiger partial charge in [-0.3, -0.25) is 4.79 Å². The van der Waals surface area contributed by atoms with Crippen LogP contribution in [-0.4, -0.2) is 37.6 Å². The minimum atomic E-state index is -0.274. The Hall–Kier alpha value is -0.570. The van der Waals surface area contributed by atoms with Gasteiger partial charge in [0.15, 0.2) is 0 Å². The van der Waals surface area contributed by atoms with Crippen LogP contribution in [0.2, 0.25) is 0 Å². The van der Waals surface area contributed by atoms with Crippen molar-refractivity contribution in [3.63, 3.8) is 0 Å². The maximum atomic E-state index is 11.8. The molecular weight excluding hydrogens is 178 g/mol. The molecule has 0 amide bonds. The van der Waals surface area contributed by atoms with E-state index in [0.29, 0.717) is 12.5 Å². The Morgan fingerprint density at radius 3 is 2.64 bits per heavy atom. The smallest absolute Gasteiger partial charge is 0.313 e. The van der Waals surface area contributed by atoms with Crippen molar-refractivity contribution in [2.24, 2.45) is 11.3 Å². The summed E-state index contributed by atoms with van der Waals surface area (Å²) in [7, 11) is 2.04. The third-order valence-corrected chi connectivity index (χ3v) is 2.70. The lowest BCUT2D eigenvalue weighted by Gasteiger charge is -2.22. The summed E-state index contributed by atoms with van der Waals surface area (Å²) in [6.07, 6.45) is 0.917. The Labute approximate surface area is 86.4 Å². The zero-order valence-corrected chi connectivity index (χ0v) is 9.67. The standard InChI is InChI=1S/C11H21NO2/c1-9(2)7-14-10(13)11(3)5-6-12(4)8-11/h9H,5-8H2,1-4H3. The summed E-state index contributed by atoms with van der Waals surface area (Å²) in [4.78, 5) is 13.9. The van der Waals surface area contributed by atoms with Crippen molar-refractivity contribution < 1.29 is 9.53 Å². The molecule has 0 bridgehead atoms. The van der Waals surface area contributed by atoms with Gasteiger partial charge in [0.05, 0.1) is 12.0 Å². The van der Waals surface area contributed by atoms with Crippen LogP contribution in [0.1, 0.15) is 27.2 Å². The van der Waals surface area contributed by atoms with Gasteiger partial charge in [0.1, 0.15) is 0 Å². The van der Waals surface area contributed by atoms with Crippen molar-refractivity contribution in [1.29, 1.82) is 0 Å². The molecule has 1 fully saturated rings. The predicted octanol–water partition coefficient (Wildman–Crippen LogP) is 1.53. The number of ether oxygens (including phenoxy) is 1. The molecule has 0 spiro atoms. The molecule has 3 nitrogen and oxygen atoms in total. The number of hydrogen-bond acceptors (Lipinski definition) is 3. The number of hydrogen-bond donors (Lipinski definition) is 0. The summed E-state index contributed by atoms with van der Waals surface area (Å²) in [5, 5.41) is 0. The van der Waals surface area contributed by atoms with Crippen LogP contribution >= 0.6 is 0 Å². The van der Waals surface area contributed by atoms with Crippen LogP contribution in [0.5, 0.6) is 0 Å². The number of carbonyl (C=O) groups excluding carboxylic acids is 1. The quantitative estimate of drug-likeness (QED) is 0.646. The first kappa shape index (κ1) is 11.5. The van der Waals surface area contributed by atoms with Crippen molar-refractivity contribution in [3.8, 4) is 0 Å². The summed E-state index contributed by atoms with van der Waals surface area (Å²) >= 11 is 0. The van der Waals surface area contributed by atoms with Gasteiger partial charge in [-0.05, 0) is 32.9 Å². The van der Waals surface area contributed by atoms with Crippen LogP contribution in [0.25, 0.3) is 0 Å². The Balaban J connectivity index is 2.43. The zero-order valence-electron chi connectivity index (χ0n) is 9.67. The molecule has 1 rings (SSSR count). The van der Waals surface area contributed by atoms with Crippen LogP contribution in [0, 0.1) is 11.3 Å². The molecule has 0 aromatic rings. The number of likely N-dealkylation sites (tertiary alicyclic amines) is 1. The molecule has 0 aliphatic carbocycles. The Bertz CT molecular complexity index is 215. The van der Waals surface area contributed by atoms with Gasteiger partial charge in [0.2, 0.25) is 0 Å². The third kappa shape index (κ3) is 2.71. The Morgan fingerprint density at radius 1 is 1.57 bits per heavy atom. The molecule has 82 valence electrons. The van der Waals surface area contributed by atoms with E-state index >= 15 is 0 Å². The summed E-state index contributed by atoms with van der Waals surface area (Å²) in [6.45, 7) is 8.46. The van der Waals surface area contributed by atoms with E-state index in [1.54, 1.807) is 0 Å². The number of rotatable bonds is 3. The lowest BCUT2D eigenvalue weighted by molar-refractivity contribution is -0.155. The van der Waals surface area contributed by atoms with E-state index in [9.17, 15) is 4.79 Å². The minimum absolute atomic E-state index is 0.0319. The minimum Gasteiger partial charge on any atom is -0.465 e. The molecule has 1 aliphatic heterocycles. The average molecular weight is 199 g/mol. The first-order valence-corrected chi connectivity index (χ1v) is 5.30. The van der Waals surface area contributed by atoms with Gasteiger partial charge >= 0.3 is 5.97 Å². The predicted molar refractivity (Wildman–Crippen MR) is 56.0 cm³/mol. The Kier molecular flexibility index (Phi) is 3.53. The van der Waals surface area contributed by atoms with E-state index < -0.39 is 0 Å². The third-order valence-electron chi connectivity index (χ3n) is 2.70. The molecule has 1 unspecified atom stereocenters. The summed E-state index contributed by atoms with van der Waals surface area (Å²) in [5.74, 6) is 0.386. The highest BCUT2D eigenvalue weighted by Crippen LogP contribution is 2.30. The molecule has 0 saturated carbocycles. The van der Waals surface area contributed by atoms with Gasteiger partial charge in [0.25, 0.3) is 0 Å². The van der Waals surface area contributed by atoms with E-state index in [4.69, 9.17) is 4.74 Å². The summed E-state index contributed by atoms with van der Waals surface area (Å²) < 4.78 is 5.27. The highest BCUT2D eigenvalue weighted by molar-refractivity contribution is 5.77. The van der Waals surface area contributed by atoms with Crippen molar-refractivity contribution >= 4 is 5.97 Å². The zero-order chi connectivity index (χ0) is 10.8. The molecule has 14 heavy (non-hydrogen) atoms. The lowest BCUT2D eigenvalue weighted by Crippen LogP contribution is -2.33. The number of nitrogens with zero attached hydrogens (tertiary/aromatic N) is 1. The molecule has 0 N–H and O–H groups in total. The van der Waals surface area contributed by atoms with Crippen molar-refractivity contribution in [2.75, 3.05) is 26.7 Å². The van der Waals surface area contributed by atoms with Gasteiger partial charge in [-0.2, -0.15) is 0 Å². The van der Waals surface area contributed by atoms with E-state index in [0.717, 1.165) is 19.5 Å². The van der Waals surface area contributed by atoms with Gasteiger partial charge in [0, 0.05) is 6.54 Å². The number of esters is 1. The molecule has 1 saturated heterocycles. The molecule has 0 aromatic heterocycles. The molecule has 3 heteroatoms. The van der Waals surface area contributed by atoms with Crippen molar-refractivity contribution in [3.05, 3.63) is 0 Å². The van der Waals surface area contributed by atoms with E-state index in [2.05, 4.69) is 18.7 Å². The molecule has 1 aliphatic rings. The first-order valence-electron chi connectivity index (χ1n) is 5.30. The van der Waals surface area contributed by atoms with E-state index in [1.807, 2.05) is 14.0 Å². The largest absolute Gasteiger partial charge is 0.465 e. The van der Waals surface area contributed by atoms with Crippen molar-refractivity contribution in [1.82, 2.24) is 4.90 Å². The van der Waals surface area contributed by atoms with Gasteiger partial charge in [-0.25, -0.2) is 0 Å². The summed E-state index contributed by atoms with van der Waals surface area (Å²) in [5.41, 5.74) is -0.274. The maximum Gasteiger partial charge on any atom is 0.313 e. The average Bonchev–Trinajstić information content (AvgIpc) is 2.43. The topological polar surface area (TPSA) is 29.5 Å². The highest BCUT2D eigenvalue weighted by Gasteiger charge is 2.40. The van der Waals surface area contributed by atoms with E-state index in [1.165, 1.54) is 0 Å². The second kappa shape index (κ2) is 4.30. The van der Waals surface area contributed by atoms with Crippen LogP contribution in [0.15, 0.2) is 0 Å². The summed E-state index contributed by atoms with van der Waals surface area (Å²) in [6, 6.07) is 0. The number of carbonyl (C=O) groups is 1. The SMILES string of the molecule is CC(C)COC(=O)C1(C)CCN(C)C1. The fraction of sp³-hybridized carbons (Fsp3) is 0.909. The van der Waals surface area contributed by atoms with Crippen LogP contribution in [0.4, 0.5) is 0 Å². The lowest BCUT2D eigenvalue weighted by atomic mass is 9.90. The van der Waals surface area contributed by atoms with Gasteiger partial charge in [-0.15, -0.1) is 0 Å².